The van der Waals surface area contributed by atoms with E-state index in [1.807, 2.05) is 31.2 Å². The van der Waals surface area contributed by atoms with E-state index in [9.17, 15) is 19.4 Å². The Labute approximate surface area is 191 Å². The Kier molecular flexibility index (Phi) is 6.55. The van der Waals surface area contributed by atoms with Crippen molar-refractivity contribution in [2.24, 2.45) is 0 Å². The zero-order chi connectivity index (χ0) is 23.4. The van der Waals surface area contributed by atoms with E-state index in [0.29, 0.717) is 31.5 Å². The molecule has 1 aromatic heterocycles. The number of halogens is 1. The zero-order valence-corrected chi connectivity index (χ0v) is 18.3. The van der Waals surface area contributed by atoms with Crippen LogP contribution in [0.25, 0.3) is 11.3 Å². The second-order valence-electron chi connectivity index (χ2n) is 8.18. The second kappa shape index (κ2) is 9.54. The monoisotopic (exact) mass is 451 g/mol. The smallest absolute Gasteiger partial charge is 0.411 e. The summed E-state index contributed by atoms with van der Waals surface area (Å²) in [6, 6.07) is 14.8. The molecular formula is C25H26FN3O4. The van der Waals surface area contributed by atoms with Gasteiger partial charge in [-0.3, -0.25) is 0 Å². The highest BCUT2D eigenvalue weighted by Crippen LogP contribution is 2.40. The van der Waals surface area contributed by atoms with E-state index in [0.717, 1.165) is 16.7 Å². The standard InChI is InChI=1S/C25H26FN3O4/c1-17(18-3-5-19(6-4-18)22-11-14-27-23(31)28-22)29-15-13-25(12-2-16-30,33-24(29)32)20-7-9-21(26)10-8-20/h3-11,14,17,30H,2,12-13,15-16H2,1H3,(H,27,28,31)/t17-,25?/m0/s1. The topological polar surface area (TPSA) is 95.8 Å². The maximum Gasteiger partial charge on any atom is 0.411 e. The van der Waals surface area contributed by atoms with Gasteiger partial charge in [-0.05, 0) is 49.1 Å². The summed E-state index contributed by atoms with van der Waals surface area (Å²) in [5.41, 5.74) is 2.20. The minimum atomic E-state index is -0.886. The number of hydrogen-bond donors (Lipinski definition) is 2. The molecule has 0 bridgehead atoms. The first kappa shape index (κ1) is 22.7. The molecule has 7 nitrogen and oxygen atoms in total. The van der Waals surface area contributed by atoms with Gasteiger partial charge in [0, 0.05) is 31.3 Å². The molecule has 0 spiro atoms. The quantitative estimate of drug-likeness (QED) is 0.547. The number of aromatic hydroxyl groups is 1. The van der Waals surface area contributed by atoms with Crippen molar-refractivity contribution >= 4 is 6.09 Å². The molecular weight excluding hydrogens is 425 g/mol. The molecule has 1 unspecified atom stereocenters. The third-order valence-corrected chi connectivity index (χ3v) is 6.18. The highest BCUT2D eigenvalue weighted by molar-refractivity contribution is 5.70. The van der Waals surface area contributed by atoms with Gasteiger partial charge in [-0.15, -0.1) is 0 Å². The number of cyclic esters (lactones) is 1. The lowest BCUT2D eigenvalue weighted by Gasteiger charge is -2.43. The molecule has 1 amide bonds. The Bertz CT molecular complexity index is 1110. The van der Waals surface area contributed by atoms with Crippen LogP contribution in [0.4, 0.5) is 9.18 Å². The van der Waals surface area contributed by atoms with E-state index >= 15 is 0 Å². The molecule has 0 radical (unpaired) electrons. The van der Waals surface area contributed by atoms with Crippen molar-refractivity contribution in [3.63, 3.8) is 0 Å². The Balaban J connectivity index is 1.51. The van der Waals surface area contributed by atoms with Gasteiger partial charge in [0.05, 0.1) is 11.7 Å². The van der Waals surface area contributed by atoms with E-state index in [4.69, 9.17) is 4.74 Å². The van der Waals surface area contributed by atoms with Crippen LogP contribution in [0.3, 0.4) is 0 Å². The number of aliphatic hydroxyl groups excluding tert-OH is 1. The molecule has 2 N–H and O–H groups in total. The van der Waals surface area contributed by atoms with Crippen LogP contribution in [-0.4, -0.2) is 44.3 Å². The van der Waals surface area contributed by atoms with E-state index in [1.54, 1.807) is 23.1 Å². The number of rotatable bonds is 7. The molecule has 1 aliphatic heterocycles. The third kappa shape index (κ3) is 4.80. The summed E-state index contributed by atoms with van der Waals surface area (Å²) >= 11 is 0. The molecule has 4 rings (SSSR count). The third-order valence-electron chi connectivity index (χ3n) is 6.18. The van der Waals surface area contributed by atoms with Crippen molar-refractivity contribution in [2.45, 2.75) is 37.8 Å². The minimum Gasteiger partial charge on any atom is -0.479 e. The van der Waals surface area contributed by atoms with E-state index in [2.05, 4.69) is 9.97 Å². The molecule has 33 heavy (non-hydrogen) atoms. The summed E-state index contributed by atoms with van der Waals surface area (Å²) in [4.78, 5) is 22.5. The lowest BCUT2D eigenvalue weighted by molar-refractivity contribution is -0.0680. The Morgan fingerprint density at radius 3 is 2.52 bits per heavy atom. The average molecular weight is 451 g/mol. The highest BCUT2D eigenvalue weighted by atomic mass is 19.1. The molecule has 0 aliphatic carbocycles. The fraction of sp³-hybridized carbons (Fsp3) is 0.320. The van der Waals surface area contributed by atoms with E-state index in [-0.39, 0.29) is 24.5 Å². The molecule has 2 heterocycles. The molecule has 1 aliphatic rings. The number of benzene rings is 2. The normalized spacial score (nSPS) is 19.2. The predicted octanol–water partition coefficient (Wildman–Crippen LogP) is 4.56. The van der Waals surface area contributed by atoms with Crippen LogP contribution in [0.1, 0.15) is 43.4 Å². The summed E-state index contributed by atoms with van der Waals surface area (Å²) < 4.78 is 19.4. The number of aliphatic hydroxyl groups is 1. The van der Waals surface area contributed by atoms with Gasteiger partial charge >= 0.3 is 12.1 Å². The number of ether oxygens (including phenoxy) is 1. The number of aromatic nitrogens is 2. The number of nitrogens with zero attached hydrogens (tertiary/aromatic N) is 3. The number of hydrogen-bond acceptors (Lipinski definition) is 6. The Morgan fingerprint density at radius 1 is 1.15 bits per heavy atom. The molecule has 2 aromatic carbocycles. The number of carbonyl (C=O) groups excluding carboxylic acids is 1. The first-order valence-electron chi connectivity index (χ1n) is 10.9. The van der Waals surface area contributed by atoms with Crippen molar-refractivity contribution < 1.29 is 24.1 Å². The van der Waals surface area contributed by atoms with Crippen molar-refractivity contribution in [2.75, 3.05) is 13.2 Å². The van der Waals surface area contributed by atoms with Gasteiger partial charge in [-0.1, -0.05) is 36.4 Å². The van der Waals surface area contributed by atoms with Gasteiger partial charge in [0.1, 0.15) is 11.4 Å². The first-order chi connectivity index (χ1) is 15.9. The van der Waals surface area contributed by atoms with Gasteiger partial charge in [0.15, 0.2) is 0 Å². The van der Waals surface area contributed by atoms with Crippen LogP contribution in [0.5, 0.6) is 6.01 Å². The van der Waals surface area contributed by atoms with E-state index in [1.165, 1.54) is 18.3 Å². The van der Waals surface area contributed by atoms with Gasteiger partial charge in [0.2, 0.25) is 0 Å². The fourth-order valence-electron chi connectivity index (χ4n) is 4.28. The zero-order valence-electron chi connectivity index (χ0n) is 18.3. The van der Waals surface area contributed by atoms with Gasteiger partial charge in [0.25, 0.3) is 0 Å². The maximum absolute atomic E-state index is 13.4. The minimum absolute atomic E-state index is 0.0168. The lowest BCUT2D eigenvalue weighted by atomic mass is 9.84. The van der Waals surface area contributed by atoms with Crippen molar-refractivity contribution in [3.8, 4) is 17.3 Å². The Hall–Kier alpha value is -3.52. The first-order valence-corrected chi connectivity index (χ1v) is 10.9. The van der Waals surface area contributed by atoms with Crippen molar-refractivity contribution in [1.29, 1.82) is 0 Å². The van der Waals surface area contributed by atoms with Crippen LogP contribution >= 0.6 is 0 Å². The van der Waals surface area contributed by atoms with Crippen LogP contribution in [0.2, 0.25) is 0 Å². The largest absolute Gasteiger partial charge is 0.479 e. The summed E-state index contributed by atoms with van der Waals surface area (Å²) in [6.45, 7) is 2.38. The molecule has 1 saturated heterocycles. The summed E-state index contributed by atoms with van der Waals surface area (Å²) in [5.74, 6) is -0.353. The van der Waals surface area contributed by atoms with Crippen molar-refractivity contribution in [1.82, 2.24) is 14.9 Å². The van der Waals surface area contributed by atoms with Gasteiger partial charge in [-0.2, -0.15) is 4.98 Å². The Morgan fingerprint density at radius 2 is 1.88 bits per heavy atom. The summed E-state index contributed by atoms with van der Waals surface area (Å²) in [6.07, 6.45) is 2.51. The van der Waals surface area contributed by atoms with Gasteiger partial charge in [-0.25, -0.2) is 14.2 Å². The van der Waals surface area contributed by atoms with Crippen LogP contribution in [-0.2, 0) is 10.3 Å². The molecule has 3 aromatic rings. The predicted molar refractivity (Wildman–Crippen MR) is 120 cm³/mol. The molecule has 172 valence electrons. The highest BCUT2D eigenvalue weighted by Gasteiger charge is 2.43. The van der Waals surface area contributed by atoms with E-state index < -0.39 is 11.7 Å². The molecule has 0 saturated carbocycles. The summed E-state index contributed by atoms with van der Waals surface area (Å²) in [7, 11) is 0. The van der Waals surface area contributed by atoms with Crippen molar-refractivity contribution in [3.05, 3.63) is 77.7 Å². The van der Waals surface area contributed by atoms with Gasteiger partial charge < -0.3 is 19.8 Å². The summed E-state index contributed by atoms with van der Waals surface area (Å²) in [5, 5.41) is 18.8. The number of carbonyl (C=O) groups is 1. The second-order valence-corrected chi connectivity index (χ2v) is 8.18. The molecule has 2 atom stereocenters. The van der Waals surface area contributed by atoms with Crippen LogP contribution < -0.4 is 0 Å². The van der Waals surface area contributed by atoms with Crippen LogP contribution in [0, 0.1) is 5.82 Å². The lowest BCUT2D eigenvalue weighted by Crippen LogP contribution is -2.48. The molecule has 8 heteroatoms. The SMILES string of the molecule is C[C@@H](c1ccc(-c2ccnc(O)n2)cc1)N1CCC(CCCO)(c2ccc(F)cc2)OC1=O. The average Bonchev–Trinajstić information content (AvgIpc) is 2.83. The fourth-order valence-corrected chi connectivity index (χ4v) is 4.28. The molecule has 1 fully saturated rings. The number of amides is 1. The van der Waals surface area contributed by atoms with Crippen LogP contribution in [0.15, 0.2) is 60.8 Å². The maximum atomic E-state index is 13.4.